The van der Waals surface area contributed by atoms with Gasteiger partial charge in [0.15, 0.2) is 5.75 Å². The molecular weight excluding hydrogens is 525 g/mol. The summed E-state index contributed by atoms with van der Waals surface area (Å²) in [7, 11) is 0. The van der Waals surface area contributed by atoms with Gasteiger partial charge in [0.05, 0.1) is 38.1 Å². The lowest BCUT2D eigenvalue weighted by Crippen LogP contribution is -2.27. The largest absolute Gasteiger partial charge is 0.486 e. The molecule has 0 unspecified atom stereocenters. The number of nitriles is 1. The zero-order chi connectivity index (χ0) is 25.8. The molecule has 0 bridgehead atoms. The van der Waals surface area contributed by atoms with E-state index < -0.39 is 16.1 Å². The summed E-state index contributed by atoms with van der Waals surface area (Å²) >= 11 is 13.5. The summed E-state index contributed by atoms with van der Waals surface area (Å²) in [5, 5.41) is 20.1. The summed E-state index contributed by atoms with van der Waals surface area (Å²) < 4.78 is 5.69. The number of hydrogen-bond acceptors (Lipinski definition) is 7. The maximum absolute atomic E-state index is 12.9. The zero-order valence-corrected chi connectivity index (χ0v) is 20.6. The van der Waals surface area contributed by atoms with Crippen molar-refractivity contribution in [3.05, 3.63) is 108 Å². The fourth-order valence-corrected chi connectivity index (χ4v) is 4.89. The Balaban J connectivity index is 1.51. The molecule has 0 aliphatic carbocycles. The Kier molecular flexibility index (Phi) is 7.60. The van der Waals surface area contributed by atoms with E-state index in [1.54, 1.807) is 36.4 Å². The first-order valence-electron chi connectivity index (χ1n) is 10.4. The van der Waals surface area contributed by atoms with Crippen LogP contribution in [0.4, 0.5) is 10.5 Å². The second-order valence-corrected chi connectivity index (χ2v) is 9.37. The summed E-state index contributed by atoms with van der Waals surface area (Å²) in [5.41, 5.74) is 1.94. The number of rotatable bonds is 7. The number of hydrogen-bond donors (Lipinski definition) is 0. The minimum Gasteiger partial charge on any atom is -0.486 e. The van der Waals surface area contributed by atoms with Crippen LogP contribution in [0.3, 0.4) is 0 Å². The van der Waals surface area contributed by atoms with E-state index in [0.29, 0.717) is 22.3 Å². The maximum atomic E-state index is 12.9. The van der Waals surface area contributed by atoms with Crippen LogP contribution in [0.25, 0.3) is 6.08 Å². The zero-order valence-electron chi connectivity index (χ0n) is 18.3. The second-order valence-electron chi connectivity index (χ2n) is 7.57. The van der Waals surface area contributed by atoms with Crippen molar-refractivity contribution in [1.82, 2.24) is 4.90 Å². The molecule has 0 N–H and O–H groups in total. The van der Waals surface area contributed by atoms with Crippen LogP contribution in [0.2, 0.25) is 10.0 Å². The van der Waals surface area contributed by atoms with E-state index in [1.807, 2.05) is 0 Å². The van der Waals surface area contributed by atoms with E-state index in [2.05, 4.69) is 6.07 Å². The Labute approximate surface area is 219 Å². The van der Waals surface area contributed by atoms with Gasteiger partial charge in [-0.05, 0) is 52.7 Å². The fourth-order valence-electron chi connectivity index (χ4n) is 3.44. The number of carbonyl (C=O) groups is 2. The lowest BCUT2D eigenvalue weighted by molar-refractivity contribution is -0.384. The molecular formula is C25H15Cl2N3O5S. The first kappa shape index (κ1) is 25.3. The van der Waals surface area contributed by atoms with Crippen molar-refractivity contribution in [2.24, 2.45) is 0 Å². The molecule has 11 heteroatoms. The van der Waals surface area contributed by atoms with Crippen LogP contribution in [0.5, 0.6) is 5.75 Å². The molecule has 0 aromatic heterocycles. The lowest BCUT2D eigenvalue weighted by atomic mass is 10.1. The van der Waals surface area contributed by atoms with E-state index in [4.69, 9.17) is 27.9 Å². The number of nitro groups is 1. The number of nitro benzene ring substituents is 1. The van der Waals surface area contributed by atoms with Gasteiger partial charge in [-0.15, -0.1) is 0 Å². The molecule has 1 heterocycles. The van der Waals surface area contributed by atoms with Gasteiger partial charge in [-0.25, -0.2) is 0 Å². The Morgan fingerprint density at radius 3 is 2.50 bits per heavy atom. The summed E-state index contributed by atoms with van der Waals surface area (Å²) in [6.07, 6.45) is 1.50. The van der Waals surface area contributed by atoms with Gasteiger partial charge in [-0.3, -0.25) is 24.6 Å². The summed E-state index contributed by atoms with van der Waals surface area (Å²) in [6, 6.07) is 17.9. The number of carbonyl (C=O) groups excluding carboxylic acids is 2. The Hall–Kier alpha value is -3.84. The van der Waals surface area contributed by atoms with Crippen molar-refractivity contribution >= 4 is 57.9 Å². The first-order chi connectivity index (χ1) is 17.3. The Morgan fingerprint density at radius 2 is 1.81 bits per heavy atom. The van der Waals surface area contributed by atoms with Crippen molar-refractivity contribution in [3.63, 3.8) is 0 Å². The van der Waals surface area contributed by atoms with Gasteiger partial charge in [0.1, 0.15) is 6.61 Å². The summed E-state index contributed by atoms with van der Waals surface area (Å²) in [5.74, 6) is -0.306. The molecule has 180 valence electrons. The molecule has 0 radical (unpaired) electrons. The predicted octanol–water partition coefficient (Wildman–Crippen LogP) is 6.59. The van der Waals surface area contributed by atoms with Crippen LogP contribution in [0.15, 0.2) is 65.6 Å². The highest BCUT2D eigenvalue weighted by Gasteiger charge is 2.35. The monoisotopic (exact) mass is 539 g/mol. The normalized spacial score (nSPS) is 14.2. The third-order valence-electron chi connectivity index (χ3n) is 5.16. The molecule has 0 spiro atoms. The van der Waals surface area contributed by atoms with Crippen LogP contribution in [0, 0.1) is 21.4 Å². The van der Waals surface area contributed by atoms with Gasteiger partial charge in [-0.1, -0.05) is 53.5 Å². The van der Waals surface area contributed by atoms with E-state index in [0.717, 1.165) is 16.7 Å². The summed E-state index contributed by atoms with van der Waals surface area (Å²) in [6.45, 7) is -0.0127. The number of benzene rings is 3. The smallest absolute Gasteiger partial charge is 0.293 e. The van der Waals surface area contributed by atoms with Gasteiger partial charge in [0.2, 0.25) is 0 Å². The number of nitrogens with zero attached hydrogens (tertiary/aromatic N) is 3. The standard InChI is InChI=1S/C25H15Cl2N3O5S/c26-20-9-16(10-21(27)23(20)35-14-15-4-3-7-19(8-15)30(33)34)11-22-24(31)29(25(32)36-22)13-18-6-2-1-5-17(18)12-28/h1-11H,13-14H2/b22-11+. The van der Waals surface area contributed by atoms with Gasteiger partial charge in [0.25, 0.3) is 16.8 Å². The highest BCUT2D eigenvalue weighted by atomic mass is 35.5. The number of amides is 2. The Morgan fingerprint density at radius 1 is 1.08 bits per heavy atom. The van der Waals surface area contributed by atoms with Gasteiger partial charge in [0, 0.05) is 12.1 Å². The highest BCUT2D eigenvalue weighted by molar-refractivity contribution is 8.18. The van der Waals surface area contributed by atoms with Crippen molar-refractivity contribution in [2.75, 3.05) is 0 Å². The second kappa shape index (κ2) is 10.8. The minimum absolute atomic E-state index is 0.00350. The van der Waals surface area contributed by atoms with Gasteiger partial charge in [-0.2, -0.15) is 5.26 Å². The van der Waals surface area contributed by atoms with E-state index >= 15 is 0 Å². The van der Waals surface area contributed by atoms with E-state index in [9.17, 15) is 25.0 Å². The third-order valence-corrected chi connectivity index (χ3v) is 6.63. The number of thioether (sulfide) groups is 1. The molecule has 36 heavy (non-hydrogen) atoms. The molecule has 3 aromatic rings. The molecule has 1 aliphatic heterocycles. The van der Waals surface area contributed by atoms with Crippen LogP contribution in [0.1, 0.15) is 22.3 Å². The Bertz CT molecular complexity index is 1450. The number of ether oxygens (including phenoxy) is 1. The average Bonchev–Trinajstić information content (AvgIpc) is 3.11. The van der Waals surface area contributed by atoms with Crippen molar-refractivity contribution < 1.29 is 19.2 Å². The average molecular weight is 540 g/mol. The molecule has 0 atom stereocenters. The van der Waals surface area contributed by atoms with Crippen molar-refractivity contribution in [2.45, 2.75) is 13.2 Å². The first-order valence-corrected chi connectivity index (χ1v) is 11.9. The van der Waals surface area contributed by atoms with Crippen molar-refractivity contribution in [1.29, 1.82) is 5.26 Å². The lowest BCUT2D eigenvalue weighted by Gasteiger charge is -2.13. The molecule has 1 fully saturated rings. The van der Waals surface area contributed by atoms with Gasteiger partial charge >= 0.3 is 0 Å². The molecule has 0 saturated carbocycles. The molecule has 8 nitrogen and oxygen atoms in total. The minimum atomic E-state index is -0.498. The number of non-ortho nitro benzene ring substituents is 1. The van der Waals surface area contributed by atoms with Crippen LogP contribution in [-0.4, -0.2) is 21.0 Å². The number of halogens is 2. The summed E-state index contributed by atoms with van der Waals surface area (Å²) in [4.78, 5) is 37.1. The molecule has 2 amide bonds. The van der Waals surface area contributed by atoms with Crippen LogP contribution >= 0.6 is 35.0 Å². The SMILES string of the molecule is N#Cc1ccccc1CN1C(=O)S/C(=C/c2cc(Cl)c(OCc3cccc([N+](=O)[O-])c3)c(Cl)c2)C1=O. The van der Waals surface area contributed by atoms with E-state index in [-0.39, 0.29) is 39.5 Å². The fraction of sp³-hybridized carbons (Fsp3) is 0.0800. The van der Waals surface area contributed by atoms with Crippen LogP contribution < -0.4 is 4.74 Å². The molecule has 1 aliphatic rings. The molecule has 3 aromatic carbocycles. The predicted molar refractivity (Wildman–Crippen MR) is 137 cm³/mol. The van der Waals surface area contributed by atoms with Crippen molar-refractivity contribution in [3.8, 4) is 11.8 Å². The quantitative estimate of drug-likeness (QED) is 0.189. The molecule has 4 rings (SSSR count). The maximum Gasteiger partial charge on any atom is 0.293 e. The third kappa shape index (κ3) is 5.52. The van der Waals surface area contributed by atoms with Crippen LogP contribution in [-0.2, 0) is 17.9 Å². The topological polar surface area (TPSA) is 114 Å². The van der Waals surface area contributed by atoms with E-state index in [1.165, 1.54) is 30.3 Å². The number of imide groups is 1. The highest BCUT2D eigenvalue weighted by Crippen LogP contribution is 2.38. The van der Waals surface area contributed by atoms with Gasteiger partial charge < -0.3 is 4.74 Å². The molecule has 1 saturated heterocycles.